The molecule has 2 aromatic rings. The second kappa shape index (κ2) is 7.04. The van der Waals surface area contributed by atoms with Crippen LogP contribution in [0.3, 0.4) is 0 Å². The molecule has 1 saturated heterocycles. The van der Waals surface area contributed by atoms with E-state index >= 15 is 0 Å². The van der Waals surface area contributed by atoms with Gasteiger partial charge in [-0.25, -0.2) is 0 Å². The zero-order chi connectivity index (χ0) is 17.1. The standard InChI is InChI=1S/C16H19N3O4S/c1-10-9-12(18-23-10)15(20)17-11-3-6-19(7-4-11)16(21)14-13(22-2)5-8-24-14/h5,8-9,11H,3-4,6-7H2,1-2H3,(H,17,20). The maximum absolute atomic E-state index is 12.5. The zero-order valence-corrected chi connectivity index (χ0v) is 14.4. The van der Waals surface area contributed by atoms with Gasteiger partial charge < -0.3 is 19.5 Å². The van der Waals surface area contributed by atoms with Crippen LogP contribution >= 0.6 is 11.3 Å². The van der Waals surface area contributed by atoms with E-state index in [2.05, 4.69) is 10.5 Å². The Morgan fingerprint density at radius 1 is 1.42 bits per heavy atom. The van der Waals surface area contributed by atoms with E-state index in [0.717, 1.165) is 0 Å². The summed E-state index contributed by atoms with van der Waals surface area (Å²) in [6.45, 7) is 2.94. The lowest BCUT2D eigenvalue weighted by molar-refractivity contribution is 0.0699. The summed E-state index contributed by atoms with van der Waals surface area (Å²) in [4.78, 5) is 27.0. The summed E-state index contributed by atoms with van der Waals surface area (Å²) >= 11 is 1.38. The van der Waals surface area contributed by atoms with E-state index in [1.54, 1.807) is 31.1 Å². The molecule has 1 N–H and O–H groups in total. The number of aryl methyl sites for hydroxylation is 1. The van der Waals surface area contributed by atoms with Gasteiger partial charge in [-0.3, -0.25) is 9.59 Å². The number of methoxy groups -OCH3 is 1. The van der Waals surface area contributed by atoms with Crippen molar-refractivity contribution in [3.8, 4) is 5.75 Å². The lowest BCUT2D eigenvalue weighted by Gasteiger charge is -2.32. The van der Waals surface area contributed by atoms with Gasteiger partial charge in [0.05, 0.1) is 7.11 Å². The second-order valence-corrected chi connectivity index (χ2v) is 6.60. The van der Waals surface area contributed by atoms with Gasteiger partial charge >= 0.3 is 0 Å². The highest BCUT2D eigenvalue weighted by Gasteiger charge is 2.27. The van der Waals surface area contributed by atoms with Crippen LogP contribution in [0.1, 0.15) is 38.8 Å². The smallest absolute Gasteiger partial charge is 0.273 e. The summed E-state index contributed by atoms with van der Waals surface area (Å²) in [5.74, 6) is 0.961. The highest BCUT2D eigenvalue weighted by atomic mass is 32.1. The molecule has 1 aliphatic rings. The number of hydrogen-bond donors (Lipinski definition) is 1. The maximum atomic E-state index is 12.5. The number of amides is 2. The van der Waals surface area contributed by atoms with E-state index in [1.165, 1.54) is 11.3 Å². The van der Waals surface area contributed by atoms with Gasteiger partial charge in [0.25, 0.3) is 11.8 Å². The van der Waals surface area contributed by atoms with Crippen molar-refractivity contribution >= 4 is 23.2 Å². The lowest BCUT2D eigenvalue weighted by Crippen LogP contribution is -2.46. The molecule has 0 aromatic carbocycles. The van der Waals surface area contributed by atoms with Gasteiger partial charge in [0.2, 0.25) is 0 Å². The van der Waals surface area contributed by atoms with Crippen molar-refractivity contribution in [2.75, 3.05) is 20.2 Å². The van der Waals surface area contributed by atoms with Gasteiger partial charge in [-0.1, -0.05) is 5.16 Å². The molecule has 0 atom stereocenters. The summed E-state index contributed by atoms with van der Waals surface area (Å²) in [6.07, 6.45) is 1.42. The van der Waals surface area contributed by atoms with Crippen LogP contribution < -0.4 is 10.1 Å². The third-order valence-corrected chi connectivity index (χ3v) is 4.90. The Balaban J connectivity index is 1.54. The topological polar surface area (TPSA) is 84.7 Å². The minimum absolute atomic E-state index is 0.0150. The summed E-state index contributed by atoms with van der Waals surface area (Å²) in [7, 11) is 1.56. The number of aromatic nitrogens is 1. The second-order valence-electron chi connectivity index (χ2n) is 5.68. The predicted octanol–water partition coefficient (Wildman–Crippen LogP) is 2.09. The summed E-state index contributed by atoms with van der Waals surface area (Å²) < 4.78 is 10.1. The number of thiophene rings is 1. The highest BCUT2D eigenvalue weighted by molar-refractivity contribution is 7.12. The maximum Gasteiger partial charge on any atom is 0.273 e. The molecule has 2 amide bonds. The van der Waals surface area contributed by atoms with Crippen molar-refractivity contribution in [3.63, 3.8) is 0 Å². The fraction of sp³-hybridized carbons (Fsp3) is 0.438. The van der Waals surface area contributed by atoms with E-state index in [9.17, 15) is 9.59 Å². The number of carbonyl (C=O) groups excluding carboxylic acids is 2. The fourth-order valence-electron chi connectivity index (χ4n) is 2.72. The molecule has 0 unspecified atom stereocenters. The largest absolute Gasteiger partial charge is 0.495 e. The normalized spacial score (nSPS) is 15.3. The lowest BCUT2D eigenvalue weighted by atomic mass is 10.0. The van der Waals surface area contributed by atoms with Crippen molar-refractivity contribution in [1.29, 1.82) is 0 Å². The number of carbonyl (C=O) groups is 2. The minimum atomic E-state index is -0.239. The van der Waals surface area contributed by atoms with E-state index in [1.807, 2.05) is 5.38 Å². The van der Waals surface area contributed by atoms with Crippen molar-refractivity contribution in [1.82, 2.24) is 15.4 Å². The van der Waals surface area contributed by atoms with Gasteiger partial charge in [-0.15, -0.1) is 11.3 Å². The van der Waals surface area contributed by atoms with Crippen LogP contribution in [0.25, 0.3) is 0 Å². The molecule has 128 valence electrons. The highest BCUT2D eigenvalue weighted by Crippen LogP contribution is 2.27. The Morgan fingerprint density at radius 3 is 2.79 bits per heavy atom. The van der Waals surface area contributed by atoms with Crippen molar-refractivity contribution in [2.24, 2.45) is 0 Å². The number of hydrogen-bond acceptors (Lipinski definition) is 6. The first kappa shape index (κ1) is 16.5. The van der Waals surface area contributed by atoms with E-state index < -0.39 is 0 Å². The van der Waals surface area contributed by atoms with Crippen molar-refractivity contribution < 1.29 is 18.8 Å². The summed E-state index contributed by atoms with van der Waals surface area (Å²) in [6, 6.07) is 3.44. The molecule has 1 fully saturated rings. The molecule has 0 saturated carbocycles. The Hall–Kier alpha value is -2.35. The average molecular weight is 349 g/mol. The first-order chi connectivity index (χ1) is 11.6. The van der Waals surface area contributed by atoms with Crippen LogP contribution in [0.5, 0.6) is 5.75 Å². The van der Waals surface area contributed by atoms with Crippen LogP contribution in [0, 0.1) is 6.92 Å². The molecule has 3 heterocycles. The summed E-state index contributed by atoms with van der Waals surface area (Å²) in [5, 5.41) is 8.50. The third-order valence-electron chi connectivity index (χ3n) is 4.02. The fourth-order valence-corrected chi connectivity index (χ4v) is 3.54. The predicted molar refractivity (Wildman–Crippen MR) is 88.5 cm³/mol. The number of rotatable bonds is 4. The molecular weight excluding hydrogens is 330 g/mol. The number of nitrogens with one attached hydrogen (secondary N) is 1. The number of piperidine rings is 1. The van der Waals surface area contributed by atoms with Crippen molar-refractivity contribution in [2.45, 2.75) is 25.8 Å². The van der Waals surface area contributed by atoms with Crippen LogP contribution in [-0.2, 0) is 0 Å². The quantitative estimate of drug-likeness (QED) is 0.913. The molecule has 1 aliphatic heterocycles. The van der Waals surface area contributed by atoms with Crippen molar-refractivity contribution in [3.05, 3.63) is 33.8 Å². The molecule has 0 aliphatic carbocycles. The van der Waals surface area contributed by atoms with Gasteiger partial charge in [0.1, 0.15) is 16.4 Å². The van der Waals surface area contributed by atoms with E-state index in [4.69, 9.17) is 9.26 Å². The Morgan fingerprint density at radius 2 is 2.17 bits per heavy atom. The monoisotopic (exact) mass is 349 g/mol. The molecule has 3 rings (SSSR count). The summed E-state index contributed by atoms with van der Waals surface area (Å²) in [5.41, 5.74) is 0.286. The first-order valence-electron chi connectivity index (χ1n) is 7.73. The Kier molecular flexibility index (Phi) is 4.84. The van der Waals surface area contributed by atoms with E-state index in [0.29, 0.717) is 42.3 Å². The number of likely N-dealkylation sites (tertiary alicyclic amines) is 1. The Bertz CT molecular complexity index is 731. The number of nitrogens with zero attached hydrogens (tertiary/aromatic N) is 2. The van der Waals surface area contributed by atoms with Crippen LogP contribution in [0.2, 0.25) is 0 Å². The van der Waals surface area contributed by atoms with Gasteiger partial charge in [0.15, 0.2) is 5.69 Å². The third kappa shape index (κ3) is 3.43. The molecule has 0 bridgehead atoms. The van der Waals surface area contributed by atoms with Gasteiger partial charge in [-0.2, -0.15) is 0 Å². The SMILES string of the molecule is COc1ccsc1C(=O)N1CCC(NC(=O)c2cc(C)on2)CC1. The molecule has 8 heteroatoms. The molecule has 0 radical (unpaired) electrons. The van der Waals surface area contributed by atoms with Crippen LogP contribution in [-0.4, -0.2) is 48.1 Å². The number of ether oxygens (including phenoxy) is 1. The van der Waals surface area contributed by atoms with Gasteiger partial charge in [-0.05, 0) is 31.2 Å². The molecular formula is C16H19N3O4S. The minimum Gasteiger partial charge on any atom is -0.495 e. The molecule has 7 nitrogen and oxygen atoms in total. The first-order valence-corrected chi connectivity index (χ1v) is 8.61. The van der Waals surface area contributed by atoms with E-state index in [-0.39, 0.29) is 23.6 Å². The average Bonchev–Trinajstić information content (AvgIpc) is 3.23. The Labute approximate surface area is 143 Å². The van der Waals surface area contributed by atoms with Crippen LogP contribution in [0.4, 0.5) is 0 Å². The van der Waals surface area contributed by atoms with Crippen LogP contribution in [0.15, 0.2) is 22.0 Å². The molecule has 0 spiro atoms. The molecule has 24 heavy (non-hydrogen) atoms. The molecule has 2 aromatic heterocycles. The van der Waals surface area contributed by atoms with Gasteiger partial charge in [0, 0.05) is 25.2 Å². The zero-order valence-electron chi connectivity index (χ0n) is 13.6.